The zero-order valence-corrected chi connectivity index (χ0v) is 14.8. The maximum atomic E-state index is 13.1. The van der Waals surface area contributed by atoms with Crippen molar-refractivity contribution in [1.82, 2.24) is 15.5 Å². The molecule has 3 aliphatic carbocycles. The number of carbonyl (C=O) groups excluding carboxylic acids is 2. The van der Waals surface area contributed by atoms with Gasteiger partial charge in [0.1, 0.15) is 6.54 Å². The third kappa shape index (κ3) is 2.32. The summed E-state index contributed by atoms with van der Waals surface area (Å²) >= 11 is 0. The van der Waals surface area contributed by atoms with E-state index in [9.17, 15) is 9.59 Å². The van der Waals surface area contributed by atoms with Crippen LogP contribution < -0.4 is 10.6 Å². The van der Waals surface area contributed by atoms with Gasteiger partial charge in [-0.05, 0) is 32.1 Å². The summed E-state index contributed by atoms with van der Waals surface area (Å²) in [6.45, 7) is 1.04. The molecular formula is C19H29N3O3. The summed E-state index contributed by atoms with van der Waals surface area (Å²) in [4.78, 5) is 27.0. The fourth-order valence-electron chi connectivity index (χ4n) is 6.52. The van der Waals surface area contributed by atoms with Crippen LogP contribution in [0.4, 0.5) is 4.79 Å². The minimum absolute atomic E-state index is 0.00966. The molecule has 3 saturated carbocycles. The molecule has 0 bridgehead atoms. The molecule has 5 fully saturated rings. The summed E-state index contributed by atoms with van der Waals surface area (Å²) < 4.78 is 6.02. The number of hydrogen-bond acceptors (Lipinski definition) is 3. The van der Waals surface area contributed by atoms with Crippen LogP contribution in [0.1, 0.15) is 57.8 Å². The first-order valence-electron chi connectivity index (χ1n) is 10.2. The number of piperazine rings is 1. The van der Waals surface area contributed by atoms with E-state index in [2.05, 4.69) is 10.6 Å². The fraction of sp³-hybridized carbons (Fsp3) is 0.895. The number of urea groups is 1. The minimum atomic E-state index is -0.0200. The Morgan fingerprint density at radius 1 is 1.16 bits per heavy atom. The van der Waals surface area contributed by atoms with E-state index in [0.717, 1.165) is 38.7 Å². The van der Waals surface area contributed by atoms with Crippen LogP contribution in [0.2, 0.25) is 0 Å². The molecule has 5 rings (SSSR count). The Kier molecular flexibility index (Phi) is 3.73. The number of fused-ring (bicyclic) bond motifs is 3. The summed E-state index contributed by atoms with van der Waals surface area (Å²) in [5.41, 5.74) is 0.167. The fourth-order valence-corrected chi connectivity index (χ4v) is 6.52. The van der Waals surface area contributed by atoms with Crippen LogP contribution in [0.15, 0.2) is 0 Å². The molecule has 6 heteroatoms. The molecule has 0 radical (unpaired) electrons. The van der Waals surface area contributed by atoms with Gasteiger partial charge in [0.2, 0.25) is 5.91 Å². The average molecular weight is 347 g/mol. The maximum Gasteiger partial charge on any atom is 0.318 e. The lowest BCUT2D eigenvalue weighted by Gasteiger charge is -2.57. The Labute approximate surface area is 149 Å². The average Bonchev–Trinajstić information content (AvgIpc) is 3.27. The number of ether oxygens (including phenoxy) is 1. The molecule has 2 heterocycles. The Bertz CT molecular complexity index is 574. The monoisotopic (exact) mass is 347 g/mol. The van der Waals surface area contributed by atoms with E-state index in [-0.39, 0.29) is 42.0 Å². The van der Waals surface area contributed by atoms with Crippen LogP contribution in [-0.4, -0.2) is 54.2 Å². The summed E-state index contributed by atoms with van der Waals surface area (Å²) in [5, 5.41) is 6.46. The quantitative estimate of drug-likeness (QED) is 0.760. The molecule has 6 nitrogen and oxygen atoms in total. The molecule has 0 aromatic heterocycles. The summed E-state index contributed by atoms with van der Waals surface area (Å²) in [6, 6.07) is 0.530. The first-order chi connectivity index (χ1) is 12.2. The van der Waals surface area contributed by atoms with Gasteiger partial charge in [-0.25, -0.2) is 4.79 Å². The minimum Gasteiger partial charge on any atom is -0.377 e. The van der Waals surface area contributed by atoms with Gasteiger partial charge in [-0.1, -0.05) is 25.7 Å². The third-order valence-corrected chi connectivity index (χ3v) is 7.62. The van der Waals surface area contributed by atoms with Crippen molar-refractivity contribution in [3.05, 3.63) is 0 Å². The molecule has 5 aliphatic rings. The Morgan fingerprint density at radius 3 is 2.80 bits per heavy atom. The molecule has 2 saturated heterocycles. The van der Waals surface area contributed by atoms with Crippen molar-refractivity contribution in [1.29, 1.82) is 0 Å². The third-order valence-electron chi connectivity index (χ3n) is 7.62. The molecule has 25 heavy (non-hydrogen) atoms. The number of amides is 3. The van der Waals surface area contributed by atoms with Crippen molar-refractivity contribution in [3.8, 4) is 0 Å². The summed E-state index contributed by atoms with van der Waals surface area (Å²) in [5.74, 6) is 0.465. The van der Waals surface area contributed by atoms with E-state index in [0.29, 0.717) is 12.0 Å². The van der Waals surface area contributed by atoms with Crippen molar-refractivity contribution >= 4 is 11.9 Å². The van der Waals surface area contributed by atoms with Crippen molar-refractivity contribution in [2.24, 2.45) is 11.3 Å². The number of carbonyl (C=O) groups is 2. The molecule has 5 atom stereocenters. The molecule has 0 aromatic carbocycles. The largest absolute Gasteiger partial charge is 0.377 e. The molecule has 2 aliphatic heterocycles. The van der Waals surface area contributed by atoms with E-state index < -0.39 is 0 Å². The van der Waals surface area contributed by atoms with E-state index in [1.54, 1.807) is 0 Å². The molecule has 5 unspecified atom stereocenters. The predicted molar refractivity (Wildman–Crippen MR) is 92.0 cm³/mol. The zero-order chi connectivity index (χ0) is 17.0. The van der Waals surface area contributed by atoms with Gasteiger partial charge in [-0.15, -0.1) is 0 Å². The van der Waals surface area contributed by atoms with Crippen LogP contribution >= 0.6 is 0 Å². The Morgan fingerprint density at radius 2 is 1.96 bits per heavy atom. The topological polar surface area (TPSA) is 70.7 Å². The molecule has 0 aromatic rings. The van der Waals surface area contributed by atoms with Gasteiger partial charge >= 0.3 is 6.03 Å². The highest BCUT2D eigenvalue weighted by Crippen LogP contribution is 2.60. The number of nitrogens with zero attached hydrogens (tertiary/aromatic N) is 1. The van der Waals surface area contributed by atoms with Gasteiger partial charge in [-0.3, -0.25) is 4.79 Å². The second-order valence-corrected chi connectivity index (χ2v) is 8.77. The lowest BCUT2D eigenvalue weighted by Crippen LogP contribution is -2.71. The van der Waals surface area contributed by atoms with Gasteiger partial charge in [0.15, 0.2) is 0 Å². The lowest BCUT2D eigenvalue weighted by atomic mass is 9.54. The smallest absolute Gasteiger partial charge is 0.318 e. The van der Waals surface area contributed by atoms with Crippen molar-refractivity contribution in [3.63, 3.8) is 0 Å². The number of hydrogen-bond donors (Lipinski definition) is 2. The first kappa shape index (κ1) is 15.9. The highest BCUT2D eigenvalue weighted by atomic mass is 16.5. The Balaban J connectivity index is 1.33. The number of nitrogens with one attached hydrogen (secondary N) is 2. The van der Waals surface area contributed by atoms with Gasteiger partial charge in [0.05, 0.1) is 12.1 Å². The van der Waals surface area contributed by atoms with Gasteiger partial charge in [0, 0.05) is 30.0 Å². The summed E-state index contributed by atoms with van der Waals surface area (Å²) in [6.07, 6.45) is 10.5. The van der Waals surface area contributed by atoms with E-state index in [1.807, 2.05) is 4.90 Å². The van der Waals surface area contributed by atoms with Crippen molar-refractivity contribution < 1.29 is 14.3 Å². The lowest BCUT2D eigenvalue weighted by molar-refractivity contribution is -0.131. The predicted octanol–water partition coefficient (Wildman–Crippen LogP) is 1.79. The standard InChI is InChI=1S/C19H29N3O3/c23-15-11-22(14-6-2-1-5-13(14)20-15)18(24)21-16-12-7-10-25-17(12)19(16)8-3-4-9-19/h12-14,16-17H,1-11H2,(H,20,23)(H,21,24). The highest BCUT2D eigenvalue weighted by Gasteiger charge is 2.65. The molecule has 3 amide bonds. The van der Waals surface area contributed by atoms with Crippen LogP contribution in [-0.2, 0) is 9.53 Å². The Hall–Kier alpha value is -1.30. The van der Waals surface area contributed by atoms with Gasteiger partial charge in [-0.2, -0.15) is 0 Å². The van der Waals surface area contributed by atoms with Crippen LogP contribution in [0.5, 0.6) is 0 Å². The molecule has 2 N–H and O–H groups in total. The van der Waals surface area contributed by atoms with Crippen LogP contribution in [0.3, 0.4) is 0 Å². The second kappa shape index (κ2) is 5.86. The van der Waals surface area contributed by atoms with Crippen LogP contribution in [0, 0.1) is 11.3 Å². The van der Waals surface area contributed by atoms with Crippen LogP contribution in [0.25, 0.3) is 0 Å². The molecule has 1 spiro atoms. The van der Waals surface area contributed by atoms with Crippen molar-refractivity contribution in [2.75, 3.05) is 13.2 Å². The second-order valence-electron chi connectivity index (χ2n) is 8.77. The van der Waals surface area contributed by atoms with Crippen molar-refractivity contribution in [2.45, 2.75) is 82.0 Å². The molecular weight excluding hydrogens is 318 g/mol. The van der Waals surface area contributed by atoms with Gasteiger partial charge < -0.3 is 20.3 Å². The zero-order valence-electron chi connectivity index (χ0n) is 14.8. The first-order valence-corrected chi connectivity index (χ1v) is 10.2. The highest BCUT2D eigenvalue weighted by molar-refractivity contribution is 5.86. The van der Waals surface area contributed by atoms with Gasteiger partial charge in [0.25, 0.3) is 0 Å². The van der Waals surface area contributed by atoms with E-state index in [1.165, 1.54) is 25.7 Å². The number of rotatable bonds is 1. The summed E-state index contributed by atoms with van der Waals surface area (Å²) in [7, 11) is 0. The SMILES string of the molecule is O=C1CN(C(=O)NC2C3CCOC3C23CCCC3)C2CCCCC2N1. The van der Waals surface area contributed by atoms with E-state index >= 15 is 0 Å². The normalized spacial score (nSPS) is 41.7. The molecule has 138 valence electrons. The van der Waals surface area contributed by atoms with E-state index in [4.69, 9.17) is 4.74 Å². The maximum absolute atomic E-state index is 13.1.